The number of halogens is 1. The quantitative estimate of drug-likeness (QED) is 0.592. The molecule has 1 heterocycles. The van der Waals surface area contributed by atoms with Crippen molar-refractivity contribution in [2.24, 2.45) is 7.05 Å². The van der Waals surface area contributed by atoms with Gasteiger partial charge in [0.05, 0.1) is 24.0 Å². The summed E-state index contributed by atoms with van der Waals surface area (Å²) in [6, 6.07) is 13.5. The smallest absolute Gasteiger partial charge is 0.233 e. The number of nitrogens with one attached hydrogen (secondary N) is 1. The SMILES string of the molecule is COc1ccccc1-c1nnc(S[C@@H](C)C(=O)N[C@H](C)c2ccc(F)cc2)n1C. The minimum Gasteiger partial charge on any atom is -0.496 e. The number of hydrogen-bond acceptors (Lipinski definition) is 5. The Hall–Kier alpha value is -2.87. The fourth-order valence-electron chi connectivity index (χ4n) is 2.86. The third-order valence-corrected chi connectivity index (χ3v) is 5.70. The maximum absolute atomic E-state index is 13.1. The number of hydrogen-bond donors (Lipinski definition) is 1. The van der Waals surface area contributed by atoms with E-state index in [1.807, 2.05) is 49.7 Å². The Balaban J connectivity index is 1.69. The summed E-state index contributed by atoms with van der Waals surface area (Å²) in [7, 11) is 3.47. The van der Waals surface area contributed by atoms with E-state index < -0.39 is 0 Å². The van der Waals surface area contributed by atoms with Crippen LogP contribution in [0.1, 0.15) is 25.5 Å². The molecule has 0 aliphatic rings. The Kier molecular flexibility index (Phi) is 6.53. The molecular formula is C21H23FN4O2S. The first kappa shape index (κ1) is 20.9. The van der Waals surface area contributed by atoms with Crippen molar-refractivity contribution in [2.45, 2.75) is 30.3 Å². The highest BCUT2D eigenvalue weighted by Gasteiger charge is 2.22. The standard InChI is InChI=1S/C21H23FN4O2S/c1-13(15-9-11-16(22)12-10-15)23-20(27)14(2)29-21-25-24-19(26(21)3)17-7-5-6-8-18(17)28-4/h5-14H,1-4H3,(H,23,27)/t13-,14+/m1/s1. The highest BCUT2D eigenvalue weighted by atomic mass is 32.2. The monoisotopic (exact) mass is 414 g/mol. The van der Waals surface area contributed by atoms with Gasteiger partial charge < -0.3 is 14.6 Å². The fourth-order valence-corrected chi connectivity index (χ4v) is 3.68. The van der Waals surface area contributed by atoms with E-state index in [0.29, 0.717) is 16.7 Å². The molecule has 3 rings (SSSR count). The van der Waals surface area contributed by atoms with Crippen LogP contribution in [0.4, 0.5) is 4.39 Å². The summed E-state index contributed by atoms with van der Waals surface area (Å²) in [5.41, 5.74) is 1.67. The number of thioether (sulfide) groups is 1. The van der Waals surface area contributed by atoms with Gasteiger partial charge in [-0.15, -0.1) is 10.2 Å². The zero-order chi connectivity index (χ0) is 21.0. The summed E-state index contributed by atoms with van der Waals surface area (Å²) in [5.74, 6) is 0.939. The third-order valence-electron chi connectivity index (χ3n) is 4.56. The molecule has 0 unspecified atom stereocenters. The van der Waals surface area contributed by atoms with E-state index in [1.54, 1.807) is 19.2 Å². The molecule has 0 radical (unpaired) electrons. The van der Waals surface area contributed by atoms with Gasteiger partial charge in [-0.3, -0.25) is 4.79 Å². The first-order valence-electron chi connectivity index (χ1n) is 9.16. The number of methoxy groups -OCH3 is 1. The molecule has 6 nitrogen and oxygen atoms in total. The van der Waals surface area contributed by atoms with Gasteiger partial charge in [-0.1, -0.05) is 36.0 Å². The molecule has 3 aromatic rings. The lowest BCUT2D eigenvalue weighted by Gasteiger charge is -2.17. The summed E-state index contributed by atoms with van der Waals surface area (Å²) in [5, 5.41) is 11.7. The number of amides is 1. The Labute approximate surface area is 173 Å². The first-order chi connectivity index (χ1) is 13.9. The van der Waals surface area contributed by atoms with Crippen LogP contribution in [0.5, 0.6) is 5.75 Å². The van der Waals surface area contributed by atoms with Gasteiger partial charge in [0, 0.05) is 7.05 Å². The summed E-state index contributed by atoms with van der Waals surface area (Å²) in [4.78, 5) is 12.6. The van der Waals surface area contributed by atoms with Gasteiger partial charge in [0.2, 0.25) is 5.91 Å². The van der Waals surface area contributed by atoms with Crippen molar-refractivity contribution < 1.29 is 13.9 Å². The number of carbonyl (C=O) groups excluding carboxylic acids is 1. The van der Waals surface area contributed by atoms with E-state index in [9.17, 15) is 9.18 Å². The second-order valence-electron chi connectivity index (χ2n) is 6.61. The van der Waals surface area contributed by atoms with Gasteiger partial charge >= 0.3 is 0 Å². The largest absolute Gasteiger partial charge is 0.496 e. The molecular weight excluding hydrogens is 391 g/mol. The summed E-state index contributed by atoms with van der Waals surface area (Å²) in [6.45, 7) is 3.68. The summed E-state index contributed by atoms with van der Waals surface area (Å²) in [6.07, 6.45) is 0. The molecule has 0 saturated heterocycles. The second kappa shape index (κ2) is 9.09. The number of carbonyl (C=O) groups is 1. The minimum absolute atomic E-state index is 0.131. The van der Waals surface area contributed by atoms with Gasteiger partial charge in [-0.05, 0) is 43.7 Å². The van der Waals surface area contributed by atoms with Gasteiger partial charge in [0.15, 0.2) is 11.0 Å². The lowest BCUT2D eigenvalue weighted by Crippen LogP contribution is -2.33. The third kappa shape index (κ3) is 4.76. The number of para-hydroxylation sites is 1. The summed E-state index contributed by atoms with van der Waals surface area (Å²) >= 11 is 1.32. The number of aromatic nitrogens is 3. The van der Waals surface area contributed by atoms with E-state index in [-0.39, 0.29) is 23.0 Å². The predicted molar refractivity (Wildman–Crippen MR) is 111 cm³/mol. The van der Waals surface area contributed by atoms with E-state index in [4.69, 9.17) is 4.74 Å². The second-order valence-corrected chi connectivity index (χ2v) is 7.92. The zero-order valence-corrected chi connectivity index (χ0v) is 17.5. The molecule has 1 N–H and O–H groups in total. The van der Waals surface area contributed by atoms with Crippen molar-refractivity contribution in [3.63, 3.8) is 0 Å². The molecule has 0 bridgehead atoms. The van der Waals surface area contributed by atoms with Crippen LogP contribution in [-0.4, -0.2) is 33.0 Å². The van der Waals surface area contributed by atoms with Crippen LogP contribution in [0, 0.1) is 5.82 Å². The van der Waals surface area contributed by atoms with Crippen LogP contribution in [0.25, 0.3) is 11.4 Å². The Bertz CT molecular complexity index is 991. The molecule has 0 fully saturated rings. The lowest BCUT2D eigenvalue weighted by molar-refractivity contribution is -0.120. The molecule has 152 valence electrons. The van der Waals surface area contributed by atoms with Crippen molar-refractivity contribution >= 4 is 17.7 Å². The molecule has 1 aromatic heterocycles. The molecule has 29 heavy (non-hydrogen) atoms. The molecule has 2 atom stereocenters. The minimum atomic E-state index is -0.383. The molecule has 0 aliphatic carbocycles. The van der Waals surface area contributed by atoms with E-state index in [2.05, 4.69) is 15.5 Å². The topological polar surface area (TPSA) is 69.0 Å². The van der Waals surface area contributed by atoms with E-state index in [1.165, 1.54) is 23.9 Å². The number of benzene rings is 2. The van der Waals surface area contributed by atoms with Crippen molar-refractivity contribution in [3.05, 3.63) is 59.9 Å². The van der Waals surface area contributed by atoms with Crippen molar-refractivity contribution in [1.82, 2.24) is 20.1 Å². The molecule has 1 amide bonds. The van der Waals surface area contributed by atoms with Crippen LogP contribution < -0.4 is 10.1 Å². The Morgan fingerprint density at radius 3 is 2.52 bits per heavy atom. The molecule has 0 saturated carbocycles. The maximum Gasteiger partial charge on any atom is 0.233 e. The first-order valence-corrected chi connectivity index (χ1v) is 10.0. The Morgan fingerprint density at radius 2 is 1.83 bits per heavy atom. The zero-order valence-electron chi connectivity index (χ0n) is 16.7. The van der Waals surface area contributed by atoms with E-state index in [0.717, 1.165) is 11.1 Å². The number of ether oxygens (including phenoxy) is 1. The van der Waals surface area contributed by atoms with Crippen molar-refractivity contribution in [2.75, 3.05) is 7.11 Å². The van der Waals surface area contributed by atoms with Crippen LogP contribution in [0.15, 0.2) is 53.7 Å². The van der Waals surface area contributed by atoms with Gasteiger partial charge in [-0.2, -0.15) is 0 Å². The van der Waals surface area contributed by atoms with Crippen molar-refractivity contribution in [1.29, 1.82) is 0 Å². The van der Waals surface area contributed by atoms with Crippen LogP contribution in [0.2, 0.25) is 0 Å². The number of nitrogens with zero attached hydrogens (tertiary/aromatic N) is 3. The maximum atomic E-state index is 13.1. The highest BCUT2D eigenvalue weighted by Crippen LogP contribution is 2.31. The number of rotatable bonds is 7. The van der Waals surface area contributed by atoms with Gasteiger partial charge in [-0.25, -0.2) is 4.39 Å². The predicted octanol–water partition coefficient (Wildman–Crippen LogP) is 3.99. The normalized spacial score (nSPS) is 13.0. The average Bonchev–Trinajstić information content (AvgIpc) is 3.08. The molecule has 0 spiro atoms. The lowest BCUT2D eigenvalue weighted by atomic mass is 10.1. The van der Waals surface area contributed by atoms with Gasteiger partial charge in [0.1, 0.15) is 11.6 Å². The Morgan fingerprint density at radius 1 is 1.14 bits per heavy atom. The van der Waals surface area contributed by atoms with E-state index >= 15 is 0 Å². The van der Waals surface area contributed by atoms with Crippen LogP contribution >= 0.6 is 11.8 Å². The molecule has 8 heteroatoms. The summed E-state index contributed by atoms with van der Waals surface area (Å²) < 4.78 is 20.3. The molecule has 2 aromatic carbocycles. The molecule has 0 aliphatic heterocycles. The van der Waals surface area contributed by atoms with Crippen molar-refractivity contribution in [3.8, 4) is 17.1 Å². The van der Waals surface area contributed by atoms with Crippen LogP contribution in [0.3, 0.4) is 0 Å². The average molecular weight is 415 g/mol. The van der Waals surface area contributed by atoms with Crippen LogP contribution in [-0.2, 0) is 11.8 Å². The van der Waals surface area contributed by atoms with Gasteiger partial charge in [0.25, 0.3) is 0 Å². The highest BCUT2D eigenvalue weighted by molar-refractivity contribution is 8.00. The fraction of sp³-hybridized carbons (Fsp3) is 0.286.